The molecule has 2 amide bonds. The SMILES string of the molecule is CNc1ccccc1-c1ccc2ncc(C(=O)Nc3cccc(CN4CCOCC4c4cc(-c5ccccc5NC)nn5c(C(=O)Nc6ccncc6)cnc45)n3)n2n1. The van der Waals surface area contributed by atoms with Crippen LogP contribution in [-0.4, -0.2) is 89.7 Å². The van der Waals surface area contributed by atoms with Crippen LogP contribution >= 0.6 is 0 Å². The minimum Gasteiger partial charge on any atom is -0.388 e. The number of amides is 2. The van der Waals surface area contributed by atoms with Crippen LogP contribution in [0, 0.1) is 0 Å². The number of imidazole rings is 2. The average molecular weight is 786 g/mol. The number of nitrogens with zero attached hydrogens (tertiary/aromatic N) is 9. The third-order valence-corrected chi connectivity index (χ3v) is 10.2. The van der Waals surface area contributed by atoms with E-state index in [1.54, 1.807) is 45.8 Å². The highest BCUT2D eigenvalue weighted by atomic mass is 16.5. The molecule has 0 bridgehead atoms. The molecular formula is C43H39N13O3. The van der Waals surface area contributed by atoms with E-state index in [9.17, 15) is 9.59 Å². The van der Waals surface area contributed by atoms with Gasteiger partial charge in [0.25, 0.3) is 11.8 Å². The van der Waals surface area contributed by atoms with Gasteiger partial charge in [-0.1, -0.05) is 42.5 Å². The normalized spacial score (nSPS) is 14.3. The molecule has 0 spiro atoms. The predicted molar refractivity (Wildman–Crippen MR) is 224 cm³/mol. The molecule has 1 aliphatic heterocycles. The van der Waals surface area contributed by atoms with Gasteiger partial charge in [-0.3, -0.25) is 19.5 Å². The van der Waals surface area contributed by atoms with Crippen molar-refractivity contribution in [2.24, 2.45) is 0 Å². The van der Waals surface area contributed by atoms with Crippen LogP contribution in [0.2, 0.25) is 0 Å². The number of carbonyl (C=O) groups excluding carboxylic acids is 2. The number of anilines is 4. The topological polar surface area (TPSA) is 181 Å². The molecule has 294 valence electrons. The van der Waals surface area contributed by atoms with Crippen molar-refractivity contribution >= 4 is 46.0 Å². The molecule has 1 atom stereocenters. The number of carbonyl (C=O) groups is 2. The Kier molecular flexibility index (Phi) is 10.1. The molecule has 16 nitrogen and oxygen atoms in total. The molecule has 16 heteroatoms. The van der Waals surface area contributed by atoms with Gasteiger partial charge < -0.3 is 26.0 Å². The number of nitrogens with one attached hydrogen (secondary N) is 4. The molecule has 1 fully saturated rings. The van der Waals surface area contributed by atoms with Crippen molar-refractivity contribution in [2.45, 2.75) is 12.6 Å². The summed E-state index contributed by atoms with van der Waals surface area (Å²) in [4.78, 5) is 47.7. The van der Waals surface area contributed by atoms with Crippen LogP contribution in [0.25, 0.3) is 33.8 Å². The first kappa shape index (κ1) is 37.0. The first-order valence-corrected chi connectivity index (χ1v) is 19.1. The fourth-order valence-electron chi connectivity index (χ4n) is 7.31. The third kappa shape index (κ3) is 7.40. The smallest absolute Gasteiger partial charge is 0.277 e. The van der Waals surface area contributed by atoms with Crippen LogP contribution in [0.4, 0.5) is 22.9 Å². The van der Waals surface area contributed by atoms with Gasteiger partial charge in [0.05, 0.1) is 48.7 Å². The fraction of sp³-hybridized carbons (Fsp3) is 0.163. The van der Waals surface area contributed by atoms with Gasteiger partial charge in [-0.2, -0.15) is 10.2 Å². The van der Waals surface area contributed by atoms with Crippen molar-refractivity contribution in [3.63, 3.8) is 0 Å². The maximum absolute atomic E-state index is 13.7. The van der Waals surface area contributed by atoms with E-state index in [2.05, 4.69) is 36.1 Å². The first-order chi connectivity index (χ1) is 29.0. The lowest BCUT2D eigenvalue weighted by atomic mass is 10.0. The maximum atomic E-state index is 13.7. The number of hydrogen-bond donors (Lipinski definition) is 4. The number of para-hydroxylation sites is 2. The van der Waals surface area contributed by atoms with Crippen molar-refractivity contribution < 1.29 is 14.3 Å². The number of rotatable bonds is 11. The van der Waals surface area contributed by atoms with Crippen molar-refractivity contribution in [3.05, 3.63) is 144 Å². The minimum atomic E-state index is -0.394. The summed E-state index contributed by atoms with van der Waals surface area (Å²) in [5.74, 6) is -0.366. The Labute approximate surface area is 338 Å². The number of ether oxygens (including phenoxy) is 1. The Morgan fingerprint density at radius 1 is 0.746 bits per heavy atom. The van der Waals surface area contributed by atoms with Gasteiger partial charge in [0, 0.05) is 73.3 Å². The number of pyridine rings is 2. The molecule has 0 aliphatic carbocycles. The minimum absolute atomic E-state index is 0.273. The number of fused-ring (bicyclic) bond motifs is 2. The largest absolute Gasteiger partial charge is 0.388 e. The van der Waals surface area contributed by atoms with E-state index in [1.165, 1.54) is 6.20 Å². The van der Waals surface area contributed by atoms with Crippen molar-refractivity contribution in [3.8, 4) is 22.5 Å². The summed E-state index contributed by atoms with van der Waals surface area (Å²) in [6, 6.07) is 30.2. The van der Waals surface area contributed by atoms with E-state index in [4.69, 9.17) is 24.9 Å². The van der Waals surface area contributed by atoms with Gasteiger partial charge in [-0.25, -0.2) is 24.0 Å². The van der Waals surface area contributed by atoms with Crippen LogP contribution in [0.5, 0.6) is 0 Å². The van der Waals surface area contributed by atoms with Crippen LogP contribution in [0.1, 0.15) is 38.3 Å². The van der Waals surface area contributed by atoms with Crippen molar-refractivity contribution in [1.82, 2.24) is 44.1 Å². The Bertz CT molecular complexity index is 2820. The lowest BCUT2D eigenvalue weighted by Crippen LogP contribution is -2.39. The molecule has 0 radical (unpaired) electrons. The van der Waals surface area contributed by atoms with E-state index in [0.29, 0.717) is 60.5 Å². The third-order valence-electron chi connectivity index (χ3n) is 10.2. The number of benzene rings is 2. The molecule has 1 aliphatic rings. The monoisotopic (exact) mass is 785 g/mol. The Morgan fingerprint density at radius 2 is 1.44 bits per heavy atom. The van der Waals surface area contributed by atoms with Gasteiger partial charge >= 0.3 is 0 Å². The zero-order valence-corrected chi connectivity index (χ0v) is 32.2. The summed E-state index contributed by atoms with van der Waals surface area (Å²) in [6.45, 7) is 1.93. The van der Waals surface area contributed by atoms with E-state index < -0.39 is 5.91 Å². The predicted octanol–water partition coefficient (Wildman–Crippen LogP) is 6.06. The molecule has 0 saturated carbocycles. The van der Waals surface area contributed by atoms with E-state index in [0.717, 1.165) is 33.8 Å². The molecular weight excluding hydrogens is 747 g/mol. The highest BCUT2D eigenvalue weighted by Gasteiger charge is 2.30. The van der Waals surface area contributed by atoms with Gasteiger partial charge in [0.2, 0.25) is 0 Å². The summed E-state index contributed by atoms with van der Waals surface area (Å²) in [5, 5.41) is 22.1. The van der Waals surface area contributed by atoms with Crippen molar-refractivity contribution in [2.75, 3.05) is 55.1 Å². The van der Waals surface area contributed by atoms with Crippen LogP contribution < -0.4 is 21.3 Å². The Hall–Kier alpha value is -7.56. The van der Waals surface area contributed by atoms with Crippen LogP contribution in [0.15, 0.2) is 122 Å². The molecule has 59 heavy (non-hydrogen) atoms. The van der Waals surface area contributed by atoms with E-state index in [-0.39, 0.29) is 23.3 Å². The standard InChI is InChI=1S/C43H39N13O3/c1-44-32-11-5-3-9-29(32)34-14-15-40-47-23-36(55(40)52-34)43(58)51-39-13-7-8-28(49-39)25-54-20-21-59-26-38(54)31-22-35(30-10-4-6-12-33(30)45-2)53-56-37(24-48-41(31)56)42(57)50-27-16-18-46-19-17-27/h3-19,22-24,38,44-45H,20-21,25-26H2,1-2H3,(H,46,50,57)(H,49,51,58). The van der Waals surface area contributed by atoms with E-state index in [1.807, 2.05) is 93.0 Å². The summed E-state index contributed by atoms with van der Waals surface area (Å²) < 4.78 is 9.23. The van der Waals surface area contributed by atoms with Crippen LogP contribution in [0.3, 0.4) is 0 Å². The number of aromatic nitrogens is 8. The van der Waals surface area contributed by atoms with Crippen LogP contribution in [-0.2, 0) is 11.3 Å². The van der Waals surface area contributed by atoms with E-state index >= 15 is 0 Å². The van der Waals surface area contributed by atoms with Gasteiger partial charge in [0.15, 0.2) is 22.7 Å². The quantitative estimate of drug-likeness (QED) is 0.119. The van der Waals surface area contributed by atoms with Crippen molar-refractivity contribution in [1.29, 1.82) is 0 Å². The first-order valence-electron chi connectivity index (χ1n) is 19.1. The van der Waals surface area contributed by atoms with Gasteiger partial charge in [0.1, 0.15) is 5.82 Å². The molecule has 8 aromatic rings. The average Bonchev–Trinajstić information content (AvgIpc) is 3.91. The number of hydrogen-bond acceptors (Lipinski definition) is 12. The summed E-state index contributed by atoms with van der Waals surface area (Å²) in [6.07, 6.45) is 6.28. The molecule has 1 saturated heterocycles. The van der Waals surface area contributed by atoms with Gasteiger partial charge in [-0.15, -0.1) is 0 Å². The lowest BCUT2D eigenvalue weighted by Gasteiger charge is -2.35. The zero-order valence-electron chi connectivity index (χ0n) is 32.2. The van der Waals surface area contributed by atoms with Gasteiger partial charge in [-0.05, 0) is 54.6 Å². The molecule has 1 unspecified atom stereocenters. The fourth-order valence-corrected chi connectivity index (χ4v) is 7.31. The molecule has 9 rings (SSSR count). The second kappa shape index (κ2) is 16.1. The highest BCUT2D eigenvalue weighted by molar-refractivity contribution is 6.04. The highest BCUT2D eigenvalue weighted by Crippen LogP contribution is 2.34. The maximum Gasteiger partial charge on any atom is 0.277 e. The number of morpholine rings is 1. The molecule has 4 N–H and O–H groups in total. The summed E-state index contributed by atoms with van der Waals surface area (Å²) in [7, 11) is 3.72. The Morgan fingerprint density at radius 3 is 2.22 bits per heavy atom. The summed E-state index contributed by atoms with van der Waals surface area (Å²) >= 11 is 0. The lowest BCUT2D eigenvalue weighted by molar-refractivity contribution is -0.0129. The molecule has 7 heterocycles. The second-order valence-electron chi connectivity index (χ2n) is 13.8. The Balaban J connectivity index is 1.01. The second-order valence-corrected chi connectivity index (χ2v) is 13.8. The molecule has 6 aromatic heterocycles. The molecule has 2 aromatic carbocycles. The zero-order chi connectivity index (χ0) is 40.3. The summed E-state index contributed by atoms with van der Waals surface area (Å²) in [5.41, 5.74) is 8.71.